The van der Waals surface area contributed by atoms with E-state index in [-0.39, 0.29) is 18.7 Å². The van der Waals surface area contributed by atoms with Gasteiger partial charge in [-0.05, 0) is 28.8 Å². The highest BCUT2D eigenvalue weighted by Crippen LogP contribution is 2.30. The molecule has 8 nitrogen and oxygen atoms in total. The van der Waals surface area contributed by atoms with Crippen molar-refractivity contribution in [1.29, 1.82) is 0 Å². The molecule has 38 heavy (non-hydrogen) atoms. The van der Waals surface area contributed by atoms with E-state index in [1.54, 1.807) is 24.3 Å². The predicted octanol–water partition coefficient (Wildman–Crippen LogP) is 5.05. The molecular formula is C29H26ClN3O5. The summed E-state index contributed by atoms with van der Waals surface area (Å²) in [5, 5.41) is 25.6. The zero-order valence-electron chi connectivity index (χ0n) is 20.3. The number of pyridine rings is 1. The number of carbonyl (C=O) groups is 2. The average Bonchev–Trinajstić information content (AvgIpc) is 2.90. The fourth-order valence-electron chi connectivity index (χ4n) is 4.35. The fraction of sp³-hybridized carbons (Fsp3) is 0.138. The maximum Gasteiger partial charge on any atom is 0.319 e. The predicted molar refractivity (Wildman–Crippen MR) is 146 cm³/mol. The first-order chi connectivity index (χ1) is 18.3. The minimum atomic E-state index is -1.10. The molecule has 0 radical (unpaired) electrons. The molecule has 0 saturated carbocycles. The molecule has 1 heterocycles. The van der Waals surface area contributed by atoms with Crippen molar-refractivity contribution in [2.24, 2.45) is 0 Å². The van der Waals surface area contributed by atoms with Gasteiger partial charge in [0.25, 0.3) is 5.56 Å². The lowest BCUT2D eigenvalue weighted by Crippen LogP contribution is -2.44. The summed E-state index contributed by atoms with van der Waals surface area (Å²) in [6.07, 6.45) is 1.03. The van der Waals surface area contributed by atoms with Gasteiger partial charge in [-0.1, -0.05) is 90.5 Å². The summed E-state index contributed by atoms with van der Waals surface area (Å²) in [4.78, 5) is 38.0. The number of aromatic nitrogens is 1. The van der Waals surface area contributed by atoms with Crippen LogP contribution >= 0.6 is 11.6 Å². The number of amides is 2. The molecule has 3 aromatic carbocycles. The third kappa shape index (κ3) is 6.41. The quantitative estimate of drug-likeness (QED) is 0.241. The maximum absolute atomic E-state index is 13.1. The molecule has 0 aliphatic carbocycles. The molecule has 0 spiro atoms. The topological polar surface area (TPSA) is 121 Å². The third-order valence-electron chi connectivity index (χ3n) is 6.11. The summed E-state index contributed by atoms with van der Waals surface area (Å²) in [5.74, 6) is -2.00. The number of hydrogen-bond donors (Lipinski definition) is 4. The smallest absolute Gasteiger partial charge is 0.319 e. The SMILES string of the molecule is O=C(O)C[C@H](NC(=O)Nc1c(O)ccn(Cc2ccccc2Cl)c1=O)C(c1ccccc1)c1ccccc1. The number of aromatic hydroxyl groups is 1. The molecule has 0 saturated heterocycles. The van der Waals surface area contributed by atoms with Crippen LogP contribution in [0.5, 0.6) is 5.75 Å². The van der Waals surface area contributed by atoms with Crippen molar-refractivity contribution in [2.45, 2.75) is 24.9 Å². The number of hydrogen-bond acceptors (Lipinski definition) is 4. The summed E-state index contributed by atoms with van der Waals surface area (Å²) in [7, 11) is 0. The lowest BCUT2D eigenvalue weighted by Gasteiger charge is -2.28. The Bertz CT molecular complexity index is 1440. The number of rotatable bonds is 9. The minimum Gasteiger partial charge on any atom is -0.505 e. The summed E-state index contributed by atoms with van der Waals surface area (Å²) >= 11 is 6.22. The van der Waals surface area contributed by atoms with Crippen molar-refractivity contribution >= 4 is 29.3 Å². The standard InChI is InChI=1S/C29H26ClN3O5/c30-22-14-8-7-13-21(22)18-33-16-15-24(34)27(28(33)37)32-29(38)31-23(17-25(35)36)26(19-9-3-1-4-10-19)20-11-5-2-6-12-20/h1-16,23,26,34H,17-18H2,(H,35,36)(H2,31,32,38)/t23-/m0/s1. The van der Waals surface area contributed by atoms with Crippen molar-refractivity contribution in [3.8, 4) is 5.75 Å². The Morgan fingerprint density at radius 3 is 2.03 bits per heavy atom. The van der Waals surface area contributed by atoms with Gasteiger partial charge in [-0.25, -0.2) is 4.79 Å². The van der Waals surface area contributed by atoms with Gasteiger partial charge in [0.15, 0.2) is 5.69 Å². The number of carbonyl (C=O) groups excluding carboxylic acids is 1. The first-order valence-corrected chi connectivity index (χ1v) is 12.3. The van der Waals surface area contributed by atoms with E-state index in [0.29, 0.717) is 10.6 Å². The number of anilines is 1. The Morgan fingerprint density at radius 2 is 1.45 bits per heavy atom. The first-order valence-electron chi connectivity index (χ1n) is 11.9. The molecule has 1 aromatic heterocycles. The number of aliphatic carboxylic acids is 1. The number of nitrogens with zero attached hydrogens (tertiary/aromatic N) is 1. The zero-order valence-corrected chi connectivity index (χ0v) is 21.0. The van der Waals surface area contributed by atoms with E-state index in [4.69, 9.17) is 11.6 Å². The normalized spacial score (nSPS) is 11.6. The van der Waals surface area contributed by atoms with Gasteiger partial charge < -0.3 is 25.4 Å². The number of benzene rings is 3. The molecule has 9 heteroatoms. The molecule has 0 aliphatic heterocycles. The van der Waals surface area contributed by atoms with Gasteiger partial charge in [0.2, 0.25) is 0 Å². The number of urea groups is 1. The summed E-state index contributed by atoms with van der Waals surface area (Å²) in [6.45, 7) is 0.126. The molecule has 194 valence electrons. The average molecular weight is 532 g/mol. The highest BCUT2D eigenvalue weighted by Gasteiger charge is 2.29. The van der Waals surface area contributed by atoms with E-state index in [0.717, 1.165) is 11.1 Å². The van der Waals surface area contributed by atoms with Gasteiger partial charge in [0.1, 0.15) is 5.75 Å². The minimum absolute atomic E-state index is 0.126. The highest BCUT2D eigenvalue weighted by atomic mass is 35.5. The van der Waals surface area contributed by atoms with E-state index < -0.39 is 35.3 Å². The van der Waals surface area contributed by atoms with Crippen molar-refractivity contribution < 1.29 is 19.8 Å². The largest absolute Gasteiger partial charge is 0.505 e. The zero-order chi connectivity index (χ0) is 27.1. The second-order valence-corrected chi connectivity index (χ2v) is 9.11. The second-order valence-electron chi connectivity index (χ2n) is 8.70. The Labute approximate surface area is 224 Å². The van der Waals surface area contributed by atoms with E-state index >= 15 is 0 Å². The second kappa shape index (κ2) is 12.1. The molecular weight excluding hydrogens is 506 g/mol. The Morgan fingerprint density at radius 1 is 0.868 bits per heavy atom. The van der Waals surface area contributed by atoms with Gasteiger partial charge in [-0.2, -0.15) is 0 Å². The lowest BCUT2D eigenvalue weighted by atomic mass is 9.83. The first kappa shape index (κ1) is 26.5. The molecule has 4 N–H and O–H groups in total. The van der Waals surface area contributed by atoms with Gasteiger partial charge >= 0.3 is 12.0 Å². The molecule has 2 amide bonds. The van der Waals surface area contributed by atoms with Crippen molar-refractivity contribution in [2.75, 3.05) is 5.32 Å². The third-order valence-corrected chi connectivity index (χ3v) is 6.48. The van der Waals surface area contributed by atoms with E-state index in [9.17, 15) is 24.6 Å². The summed E-state index contributed by atoms with van der Waals surface area (Å²) in [5.41, 5.74) is 1.34. The van der Waals surface area contributed by atoms with Gasteiger partial charge in [0, 0.05) is 17.1 Å². The number of carboxylic acids is 1. The Kier molecular flexibility index (Phi) is 8.45. The number of carboxylic acid groups (broad SMARTS) is 1. The van der Waals surface area contributed by atoms with Crippen LogP contribution in [0.3, 0.4) is 0 Å². The van der Waals surface area contributed by atoms with E-state index in [2.05, 4.69) is 10.6 Å². The Hall–Kier alpha value is -4.56. The highest BCUT2D eigenvalue weighted by molar-refractivity contribution is 6.31. The van der Waals surface area contributed by atoms with Crippen LogP contribution in [-0.2, 0) is 11.3 Å². The van der Waals surface area contributed by atoms with Crippen LogP contribution in [0.4, 0.5) is 10.5 Å². The van der Waals surface area contributed by atoms with Gasteiger partial charge in [-0.3, -0.25) is 9.59 Å². The molecule has 0 aliphatic rings. The van der Waals surface area contributed by atoms with Crippen LogP contribution < -0.4 is 16.2 Å². The summed E-state index contributed by atoms with van der Waals surface area (Å²) < 4.78 is 1.31. The van der Waals surface area contributed by atoms with Gasteiger partial charge in [0.05, 0.1) is 19.0 Å². The van der Waals surface area contributed by atoms with Crippen molar-refractivity contribution in [1.82, 2.24) is 9.88 Å². The molecule has 0 unspecified atom stereocenters. The van der Waals surface area contributed by atoms with Crippen LogP contribution in [0.2, 0.25) is 5.02 Å². The number of nitrogens with one attached hydrogen (secondary N) is 2. The van der Waals surface area contributed by atoms with Crippen LogP contribution in [0.15, 0.2) is 102 Å². The molecule has 1 atom stereocenters. The van der Waals surface area contributed by atoms with Gasteiger partial charge in [-0.15, -0.1) is 0 Å². The van der Waals surface area contributed by atoms with E-state index in [1.807, 2.05) is 60.7 Å². The van der Waals surface area contributed by atoms with Crippen LogP contribution in [0.25, 0.3) is 0 Å². The van der Waals surface area contributed by atoms with Crippen LogP contribution in [0.1, 0.15) is 29.0 Å². The molecule has 0 bridgehead atoms. The maximum atomic E-state index is 13.1. The monoisotopic (exact) mass is 531 g/mol. The molecule has 0 fully saturated rings. The lowest BCUT2D eigenvalue weighted by molar-refractivity contribution is -0.137. The van der Waals surface area contributed by atoms with Crippen molar-refractivity contribution in [3.05, 3.63) is 129 Å². The van der Waals surface area contributed by atoms with Crippen molar-refractivity contribution in [3.63, 3.8) is 0 Å². The molecule has 4 aromatic rings. The van der Waals surface area contributed by atoms with Crippen LogP contribution in [-0.4, -0.2) is 32.8 Å². The summed E-state index contributed by atoms with van der Waals surface area (Å²) in [6, 6.07) is 25.1. The van der Waals surface area contributed by atoms with Crippen LogP contribution in [0, 0.1) is 0 Å². The van der Waals surface area contributed by atoms with E-state index in [1.165, 1.54) is 16.8 Å². The molecule has 4 rings (SSSR count). The number of halogens is 1. The Balaban J connectivity index is 1.62. The fourth-order valence-corrected chi connectivity index (χ4v) is 4.55.